The summed E-state index contributed by atoms with van der Waals surface area (Å²) in [6.45, 7) is 3.54. The predicted molar refractivity (Wildman–Crippen MR) is 74.7 cm³/mol. The van der Waals surface area contributed by atoms with Crippen LogP contribution in [-0.2, 0) is 43.0 Å². The molecule has 0 aromatic carbocycles. The average molecular weight is 342 g/mol. The van der Waals surface area contributed by atoms with E-state index in [4.69, 9.17) is 0 Å². The van der Waals surface area contributed by atoms with Crippen LogP contribution < -0.4 is 0 Å². The molecule has 0 spiro atoms. The molecule has 2 atom stereocenters. The van der Waals surface area contributed by atoms with Crippen molar-refractivity contribution in [1.82, 2.24) is 0 Å². The maximum Gasteiger partial charge on any atom is 0.317 e. The van der Waals surface area contributed by atoms with E-state index in [0.717, 1.165) is 0 Å². The lowest BCUT2D eigenvalue weighted by atomic mass is 10.1. The summed E-state index contributed by atoms with van der Waals surface area (Å²) < 4.78 is 12.6. The molecule has 0 aromatic heterocycles. The van der Waals surface area contributed by atoms with Gasteiger partial charge in [-0.3, -0.25) is 28.8 Å². The van der Waals surface area contributed by atoms with E-state index in [-0.39, 0.29) is 49.5 Å². The van der Waals surface area contributed by atoms with E-state index in [0.29, 0.717) is 6.42 Å². The van der Waals surface area contributed by atoms with Crippen LogP contribution in [0.2, 0.25) is 0 Å². The SMILES string of the molecule is CC1CC(=O)OC1=O.CCC1CC(=O)OC1=O.O=C1CCC(=O)O1. The van der Waals surface area contributed by atoms with Gasteiger partial charge in [0.05, 0.1) is 37.5 Å². The number of esters is 6. The van der Waals surface area contributed by atoms with Crippen LogP contribution in [0.3, 0.4) is 0 Å². The molecule has 3 rings (SSSR count). The zero-order valence-electron chi connectivity index (χ0n) is 13.4. The molecular weight excluding hydrogens is 324 g/mol. The zero-order valence-corrected chi connectivity index (χ0v) is 13.4. The molecule has 0 aromatic rings. The van der Waals surface area contributed by atoms with E-state index in [9.17, 15) is 28.8 Å². The number of hydrogen-bond acceptors (Lipinski definition) is 9. The minimum atomic E-state index is -0.400. The first-order valence-electron chi connectivity index (χ1n) is 7.45. The number of ether oxygens (including phenoxy) is 3. The number of cyclic esters (lactones) is 6. The van der Waals surface area contributed by atoms with E-state index < -0.39 is 23.9 Å². The number of rotatable bonds is 1. The lowest BCUT2D eigenvalue weighted by Crippen LogP contribution is -2.04. The molecule has 3 aliphatic rings. The van der Waals surface area contributed by atoms with Gasteiger partial charge in [-0.2, -0.15) is 0 Å². The second kappa shape index (κ2) is 8.90. The third kappa shape index (κ3) is 6.27. The molecule has 0 N–H and O–H groups in total. The van der Waals surface area contributed by atoms with E-state index >= 15 is 0 Å². The van der Waals surface area contributed by atoms with Gasteiger partial charge in [0.25, 0.3) is 0 Å². The molecule has 2 unspecified atom stereocenters. The Morgan fingerprint density at radius 3 is 1.42 bits per heavy atom. The third-order valence-corrected chi connectivity index (χ3v) is 3.30. The summed E-state index contributed by atoms with van der Waals surface area (Å²) in [5.41, 5.74) is 0. The van der Waals surface area contributed by atoms with Crippen molar-refractivity contribution in [2.45, 2.75) is 46.0 Å². The van der Waals surface area contributed by atoms with Crippen molar-refractivity contribution in [2.75, 3.05) is 0 Å². The maximum atomic E-state index is 10.6. The smallest absolute Gasteiger partial charge is 0.317 e. The number of carbonyl (C=O) groups excluding carboxylic acids is 6. The summed E-state index contributed by atoms with van der Waals surface area (Å²) in [7, 11) is 0. The van der Waals surface area contributed by atoms with Gasteiger partial charge in [0, 0.05) is 0 Å². The number of hydrogen-bond donors (Lipinski definition) is 0. The van der Waals surface area contributed by atoms with Gasteiger partial charge in [-0.15, -0.1) is 0 Å². The van der Waals surface area contributed by atoms with Gasteiger partial charge >= 0.3 is 35.8 Å². The molecule has 0 bridgehead atoms. The number of carbonyl (C=O) groups is 6. The molecule has 132 valence electrons. The average Bonchev–Trinajstić information content (AvgIpc) is 3.12. The quantitative estimate of drug-likeness (QED) is 0.378. The molecule has 3 saturated heterocycles. The molecule has 3 fully saturated rings. The Hall–Kier alpha value is -2.58. The van der Waals surface area contributed by atoms with E-state index in [2.05, 4.69) is 14.2 Å². The second-order valence-corrected chi connectivity index (χ2v) is 5.35. The Bertz CT molecular complexity index is 549. The zero-order chi connectivity index (χ0) is 18.3. The van der Waals surface area contributed by atoms with Gasteiger partial charge in [0.1, 0.15) is 0 Å². The van der Waals surface area contributed by atoms with E-state index in [1.807, 2.05) is 6.92 Å². The van der Waals surface area contributed by atoms with E-state index in [1.165, 1.54) is 0 Å². The third-order valence-electron chi connectivity index (χ3n) is 3.30. The monoisotopic (exact) mass is 342 g/mol. The van der Waals surface area contributed by atoms with Gasteiger partial charge in [-0.25, -0.2) is 0 Å². The normalized spacial score (nSPS) is 25.2. The Morgan fingerprint density at radius 2 is 1.25 bits per heavy atom. The van der Waals surface area contributed by atoms with Crippen LogP contribution in [0.1, 0.15) is 46.0 Å². The van der Waals surface area contributed by atoms with Crippen molar-refractivity contribution < 1.29 is 43.0 Å². The molecule has 24 heavy (non-hydrogen) atoms. The van der Waals surface area contributed by atoms with Gasteiger partial charge < -0.3 is 14.2 Å². The molecular formula is C15H18O9. The van der Waals surface area contributed by atoms with Crippen molar-refractivity contribution in [1.29, 1.82) is 0 Å². The fraction of sp³-hybridized carbons (Fsp3) is 0.600. The summed E-state index contributed by atoms with van der Waals surface area (Å²) >= 11 is 0. The topological polar surface area (TPSA) is 130 Å². The summed E-state index contributed by atoms with van der Waals surface area (Å²) in [6, 6.07) is 0. The van der Waals surface area contributed by atoms with Crippen LogP contribution in [-0.4, -0.2) is 35.8 Å². The minimum Gasteiger partial charge on any atom is -0.393 e. The van der Waals surface area contributed by atoms with Crippen molar-refractivity contribution >= 4 is 35.8 Å². The van der Waals surface area contributed by atoms with Crippen LogP contribution in [0.25, 0.3) is 0 Å². The van der Waals surface area contributed by atoms with Crippen LogP contribution in [0.15, 0.2) is 0 Å². The van der Waals surface area contributed by atoms with Gasteiger partial charge in [-0.05, 0) is 6.42 Å². The first-order chi connectivity index (χ1) is 11.2. The molecule has 3 heterocycles. The van der Waals surface area contributed by atoms with Crippen molar-refractivity contribution in [3.63, 3.8) is 0 Å². The van der Waals surface area contributed by atoms with Crippen LogP contribution >= 0.6 is 0 Å². The fourth-order valence-electron chi connectivity index (χ4n) is 1.85. The van der Waals surface area contributed by atoms with Gasteiger partial charge in [0.2, 0.25) is 0 Å². The van der Waals surface area contributed by atoms with Gasteiger partial charge in [0.15, 0.2) is 0 Å². The Kier molecular flexibility index (Phi) is 7.22. The molecule has 0 amide bonds. The lowest BCUT2D eigenvalue weighted by molar-refractivity contribution is -0.154. The highest BCUT2D eigenvalue weighted by Crippen LogP contribution is 2.18. The summed E-state index contributed by atoms with van der Waals surface area (Å²) in [5.74, 6) is -2.72. The van der Waals surface area contributed by atoms with Crippen molar-refractivity contribution in [2.24, 2.45) is 11.8 Å². The van der Waals surface area contributed by atoms with Crippen LogP contribution in [0.4, 0.5) is 0 Å². The Labute approximate surface area is 137 Å². The van der Waals surface area contributed by atoms with Crippen molar-refractivity contribution in [3.05, 3.63) is 0 Å². The largest absolute Gasteiger partial charge is 0.393 e. The molecule has 0 aliphatic carbocycles. The molecule has 3 aliphatic heterocycles. The first-order valence-corrected chi connectivity index (χ1v) is 7.45. The highest BCUT2D eigenvalue weighted by molar-refractivity contribution is 5.95. The highest BCUT2D eigenvalue weighted by Gasteiger charge is 2.31. The second-order valence-electron chi connectivity index (χ2n) is 5.35. The van der Waals surface area contributed by atoms with Crippen molar-refractivity contribution in [3.8, 4) is 0 Å². The summed E-state index contributed by atoms with van der Waals surface area (Å²) in [6.07, 6.45) is 1.75. The lowest BCUT2D eigenvalue weighted by Gasteiger charge is -1.93. The molecule has 9 heteroatoms. The Balaban J connectivity index is 0.000000181. The molecule has 0 saturated carbocycles. The predicted octanol–water partition coefficient (Wildman–Crippen LogP) is 0.432. The highest BCUT2D eigenvalue weighted by atomic mass is 16.6. The van der Waals surface area contributed by atoms with Crippen LogP contribution in [0, 0.1) is 11.8 Å². The summed E-state index contributed by atoms with van der Waals surface area (Å²) in [4.78, 5) is 61.5. The minimum absolute atomic E-state index is 0.169. The first kappa shape index (κ1) is 19.5. The molecule has 9 nitrogen and oxygen atoms in total. The maximum absolute atomic E-state index is 10.6. The van der Waals surface area contributed by atoms with Crippen LogP contribution in [0.5, 0.6) is 0 Å². The van der Waals surface area contributed by atoms with E-state index in [1.54, 1.807) is 6.92 Å². The Morgan fingerprint density at radius 1 is 0.750 bits per heavy atom. The molecule has 0 radical (unpaired) electrons. The summed E-state index contributed by atoms with van der Waals surface area (Å²) in [5, 5.41) is 0. The standard InChI is InChI=1S/C6H8O3.C5H6O3.C4H4O3/c1-2-4-3-5(7)9-6(4)8;1-3-2-4(6)8-5(3)7;5-3-1-2-4(6)7-3/h4H,2-3H2,1H3;3H,2H2,1H3;1-2H2. The fourth-order valence-corrected chi connectivity index (χ4v) is 1.85. The van der Waals surface area contributed by atoms with Gasteiger partial charge in [-0.1, -0.05) is 13.8 Å².